The monoisotopic (exact) mass is 1170 g/mol. The van der Waals surface area contributed by atoms with Crippen molar-refractivity contribution in [2.75, 3.05) is 37.9 Å². The van der Waals surface area contributed by atoms with Gasteiger partial charge in [-0.1, -0.05) is 180 Å². The molecule has 2 aromatic rings. The fraction of sp³-hybridized carbons (Fsp3) is 0.556. The Kier molecular flexibility index (Phi) is 39.1. The summed E-state index contributed by atoms with van der Waals surface area (Å²) in [6.45, 7) is 16.4. The van der Waals surface area contributed by atoms with Crippen LogP contribution in [-0.4, -0.2) is 112 Å². The van der Waals surface area contributed by atoms with E-state index in [1.54, 1.807) is 73.8 Å². The normalized spacial score (nSPS) is 17.5. The fourth-order valence-electron chi connectivity index (χ4n) is 6.72. The second kappa shape index (κ2) is 42.3. The van der Waals surface area contributed by atoms with Gasteiger partial charge in [-0.3, -0.25) is 19.2 Å². The quantitative estimate of drug-likeness (QED) is 0.0194. The van der Waals surface area contributed by atoms with Crippen molar-refractivity contribution < 1.29 is 65.6 Å². The SMILES string of the molecule is C=C1C(=O)OCCCCCCCCOC(=O)C(C)S(=O)(=O)C1c1ccccc1.CCSC(=S)SC(C)C(=O)OCCCCCCCCOC(=O)/C(=C/c1ccccc1)CC(C)OC=O.CCSC(=S)SC(C)OC=O. The van der Waals surface area contributed by atoms with Gasteiger partial charge in [-0.15, -0.1) is 23.5 Å². The summed E-state index contributed by atoms with van der Waals surface area (Å²) in [5.41, 5.74) is 1.37. The van der Waals surface area contributed by atoms with E-state index in [2.05, 4.69) is 11.3 Å². The minimum absolute atomic E-state index is 0.168. The molecule has 75 heavy (non-hydrogen) atoms. The summed E-state index contributed by atoms with van der Waals surface area (Å²) in [5, 5.41) is -3.06. The molecule has 1 saturated heterocycles. The van der Waals surface area contributed by atoms with Gasteiger partial charge in [0.25, 0.3) is 12.9 Å². The van der Waals surface area contributed by atoms with E-state index in [1.165, 1.54) is 30.4 Å². The second-order valence-corrected chi connectivity index (χ2v) is 26.7. The lowest BCUT2D eigenvalue weighted by molar-refractivity contribution is -0.143. The number of carbonyl (C=O) groups excluding carboxylic acids is 6. The number of unbranched alkanes of at least 4 members (excludes halogenated alkanes) is 5. The summed E-state index contributed by atoms with van der Waals surface area (Å²) in [6.07, 6.45) is 12.5. The molecule has 0 N–H and O–H groups in total. The predicted molar refractivity (Wildman–Crippen MR) is 314 cm³/mol. The molecule has 418 valence electrons. The zero-order valence-electron chi connectivity index (χ0n) is 44.1. The maximum Gasteiger partial charge on any atom is 0.335 e. The molecule has 14 nitrogen and oxygen atoms in total. The molecule has 5 atom stereocenters. The van der Waals surface area contributed by atoms with Crippen molar-refractivity contribution in [3.05, 3.63) is 89.5 Å². The minimum atomic E-state index is -4.13. The van der Waals surface area contributed by atoms with Crippen molar-refractivity contribution >= 4 is 131 Å². The molecule has 0 amide bonds. The number of benzene rings is 2. The number of thioether (sulfide) groups is 4. The zero-order valence-corrected chi connectivity index (χ0v) is 49.8. The van der Waals surface area contributed by atoms with E-state index >= 15 is 0 Å². The third-order valence-corrected chi connectivity index (χ3v) is 18.1. The summed E-state index contributed by atoms with van der Waals surface area (Å²) >= 11 is 16.1. The average Bonchev–Trinajstić information content (AvgIpc) is 3.37. The molecular formula is C54H76O14S7. The molecule has 0 bridgehead atoms. The number of ether oxygens (including phenoxy) is 6. The Bertz CT molecular complexity index is 2170. The molecular weight excluding hydrogens is 1100 g/mol. The smallest absolute Gasteiger partial charge is 0.335 e. The Morgan fingerprint density at radius 1 is 0.733 bits per heavy atom. The summed E-state index contributed by atoms with van der Waals surface area (Å²) in [4.78, 5) is 69.9. The summed E-state index contributed by atoms with van der Waals surface area (Å²) < 4.78 is 58.9. The Morgan fingerprint density at radius 3 is 1.80 bits per heavy atom. The summed E-state index contributed by atoms with van der Waals surface area (Å²) in [5.74, 6) is -0.310. The van der Waals surface area contributed by atoms with Gasteiger partial charge in [0.15, 0.2) is 15.1 Å². The molecule has 1 aliphatic heterocycles. The first-order valence-electron chi connectivity index (χ1n) is 25.2. The highest BCUT2D eigenvalue weighted by Crippen LogP contribution is 2.34. The van der Waals surface area contributed by atoms with Crippen LogP contribution < -0.4 is 0 Å². The summed E-state index contributed by atoms with van der Waals surface area (Å²) in [7, 11) is -4.13. The van der Waals surface area contributed by atoms with Gasteiger partial charge in [0, 0.05) is 12.0 Å². The lowest BCUT2D eigenvalue weighted by atomic mass is 10.1. The summed E-state index contributed by atoms with van der Waals surface area (Å²) in [6, 6.07) is 17.8. The van der Waals surface area contributed by atoms with Crippen LogP contribution >= 0.6 is 71.5 Å². The van der Waals surface area contributed by atoms with E-state index in [0.717, 1.165) is 88.3 Å². The maximum atomic E-state index is 13.2. The van der Waals surface area contributed by atoms with Crippen LogP contribution in [0.2, 0.25) is 0 Å². The van der Waals surface area contributed by atoms with Gasteiger partial charge in [-0.25, -0.2) is 18.0 Å². The lowest BCUT2D eigenvalue weighted by Gasteiger charge is -2.23. The Morgan fingerprint density at radius 2 is 1.24 bits per heavy atom. The van der Waals surface area contributed by atoms with Crippen molar-refractivity contribution in [3.63, 3.8) is 0 Å². The van der Waals surface area contributed by atoms with Gasteiger partial charge in [0.05, 0.1) is 32.0 Å². The van der Waals surface area contributed by atoms with E-state index < -0.39 is 38.4 Å². The van der Waals surface area contributed by atoms with E-state index in [1.807, 2.05) is 51.1 Å². The van der Waals surface area contributed by atoms with Crippen LogP contribution in [0.25, 0.3) is 6.08 Å². The maximum absolute atomic E-state index is 13.2. The van der Waals surface area contributed by atoms with Gasteiger partial charge in [-0.2, -0.15) is 0 Å². The molecule has 1 fully saturated rings. The number of sulfone groups is 1. The second-order valence-electron chi connectivity index (χ2n) is 16.8. The number of cyclic esters (lactones) is 2. The van der Waals surface area contributed by atoms with Crippen LogP contribution in [-0.2, 0) is 67.0 Å². The van der Waals surface area contributed by atoms with Gasteiger partial charge in [0.2, 0.25) is 0 Å². The van der Waals surface area contributed by atoms with Crippen molar-refractivity contribution in [2.24, 2.45) is 0 Å². The topological polar surface area (TPSA) is 192 Å². The van der Waals surface area contributed by atoms with Crippen LogP contribution in [0.3, 0.4) is 0 Å². The van der Waals surface area contributed by atoms with E-state index in [0.29, 0.717) is 56.6 Å². The molecule has 5 unspecified atom stereocenters. The number of rotatable bonds is 23. The highest BCUT2D eigenvalue weighted by atomic mass is 32.2. The number of carbonyl (C=O) groups is 6. The van der Waals surface area contributed by atoms with Gasteiger partial charge >= 0.3 is 23.9 Å². The molecule has 0 spiro atoms. The van der Waals surface area contributed by atoms with Gasteiger partial charge in [-0.05, 0) is 82.1 Å². The Labute approximate surface area is 473 Å². The van der Waals surface area contributed by atoms with Crippen molar-refractivity contribution in [1.82, 2.24) is 0 Å². The fourth-order valence-corrected chi connectivity index (χ4v) is 13.4. The first-order valence-corrected chi connectivity index (χ1v) is 31.3. The zero-order chi connectivity index (χ0) is 55.9. The Balaban J connectivity index is 0.000000636. The highest BCUT2D eigenvalue weighted by molar-refractivity contribution is 8.47. The molecule has 1 heterocycles. The number of thiocarbonyl (C=S) groups is 2. The molecule has 2 aromatic carbocycles. The minimum Gasteiger partial charge on any atom is -0.465 e. The molecule has 0 radical (unpaired) electrons. The van der Waals surface area contributed by atoms with Crippen LogP contribution in [0.15, 0.2) is 78.4 Å². The molecule has 0 aromatic heterocycles. The van der Waals surface area contributed by atoms with Crippen LogP contribution in [0.4, 0.5) is 0 Å². The predicted octanol–water partition coefficient (Wildman–Crippen LogP) is 12.4. The van der Waals surface area contributed by atoms with Crippen molar-refractivity contribution in [1.29, 1.82) is 0 Å². The first-order chi connectivity index (χ1) is 35.9. The largest absolute Gasteiger partial charge is 0.465 e. The van der Waals surface area contributed by atoms with Gasteiger partial charge < -0.3 is 28.4 Å². The molecule has 0 saturated carbocycles. The first kappa shape index (κ1) is 69.3. The molecule has 3 rings (SSSR count). The third-order valence-electron chi connectivity index (χ3n) is 10.7. The average molecular weight is 1170 g/mol. The van der Waals surface area contributed by atoms with Crippen LogP contribution in [0.5, 0.6) is 0 Å². The van der Waals surface area contributed by atoms with Crippen LogP contribution in [0.1, 0.15) is 141 Å². The van der Waals surface area contributed by atoms with E-state index in [-0.39, 0.29) is 41.4 Å². The van der Waals surface area contributed by atoms with Gasteiger partial charge in [0.1, 0.15) is 29.1 Å². The standard InChI is InChI=1S/C27H38O6S3.C21H28O6S.C6H10O2S3/c1-4-35-27(34)36-22(3)25(29)31-16-12-7-5-6-8-13-17-32-26(30)24(18-21(2)33-20-28)19-23-14-10-9-11-15-23;1-16-19(18-12-8-7-9-13-18)28(24,25)17(2)21(23)27-15-11-6-4-3-5-10-14-26-20(16)22;1-3-10-6(9)11-5(2)8-4-7/h9-11,14-15,19-22H,4-8,12-13,16-18H2,1-3H3;7-9,12-13,17,19H,1,3-6,10-11,14-15H2,2H3;4-5H,3H2,1-2H3/b24-19+;;. The van der Waals surface area contributed by atoms with Crippen molar-refractivity contribution in [3.8, 4) is 0 Å². The van der Waals surface area contributed by atoms with Crippen molar-refractivity contribution in [2.45, 2.75) is 152 Å². The lowest BCUT2D eigenvalue weighted by Crippen LogP contribution is -2.35. The molecule has 0 aliphatic carbocycles. The van der Waals surface area contributed by atoms with Crippen LogP contribution in [0, 0.1) is 0 Å². The van der Waals surface area contributed by atoms with E-state index in [4.69, 9.17) is 48.1 Å². The Hall–Kier alpha value is -3.73. The number of hydrogen-bond donors (Lipinski definition) is 0. The van der Waals surface area contributed by atoms with E-state index in [9.17, 15) is 37.2 Å². The third kappa shape index (κ3) is 31.3. The number of hydrogen-bond acceptors (Lipinski definition) is 20. The molecule has 1 aliphatic rings. The number of esters is 4. The highest BCUT2D eigenvalue weighted by Gasteiger charge is 2.41. The molecule has 21 heteroatoms.